The number of carbonyl (C=O) groups excluding carboxylic acids is 1. The lowest BCUT2D eigenvalue weighted by Gasteiger charge is -2.35. The monoisotopic (exact) mass is 262 g/mol. The summed E-state index contributed by atoms with van der Waals surface area (Å²) in [7, 11) is 0. The van der Waals surface area contributed by atoms with Crippen molar-refractivity contribution in [3.63, 3.8) is 0 Å². The van der Waals surface area contributed by atoms with Crippen LogP contribution in [0.4, 0.5) is 5.95 Å². The zero-order valence-electron chi connectivity index (χ0n) is 10.9. The number of hydrogen-bond acceptors (Lipinski definition) is 5. The fraction of sp³-hybridized carbons (Fsp3) is 0.615. The van der Waals surface area contributed by atoms with Gasteiger partial charge in [0.2, 0.25) is 5.95 Å². The zero-order chi connectivity index (χ0) is 13.1. The van der Waals surface area contributed by atoms with Crippen LogP contribution in [-0.4, -0.2) is 59.7 Å². The van der Waals surface area contributed by atoms with Gasteiger partial charge in [-0.25, -0.2) is 9.97 Å². The normalized spacial score (nSPS) is 23.7. The summed E-state index contributed by atoms with van der Waals surface area (Å²) in [6.45, 7) is 3.72. The van der Waals surface area contributed by atoms with Crippen LogP contribution in [-0.2, 0) is 9.53 Å². The van der Waals surface area contributed by atoms with E-state index in [-0.39, 0.29) is 12.0 Å². The zero-order valence-corrected chi connectivity index (χ0v) is 10.9. The molecule has 1 aromatic rings. The summed E-state index contributed by atoms with van der Waals surface area (Å²) in [5.41, 5.74) is 0. The molecule has 6 heteroatoms. The highest BCUT2D eigenvalue weighted by atomic mass is 16.5. The highest BCUT2D eigenvalue weighted by molar-refractivity contribution is 5.81. The second-order valence-corrected chi connectivity index (χ2v) is 4.86. The van der Waals surface area contributed by atoms with Gasteiger partial charge in [0.1, 0.15) is 6.10 Å². The predicted octanol–water partition coefficient (Wildman–Crippen LogP) is 0.304. The maximum Gasteiger partial charge on any atom is 0.251 e. The van der Waals surface area contributed by atoms with E-state index in [4.69, 9.17) is 4.74 Å². The molecule has 0 aliphatic carbocycles. The van der Waals surface area contributed by atoms with E-state index in [9.17, 15) is 4.79 Å². The van der Waals surface area contributed by atoms with Crippen LogP contribution in [0.2, 0.25) is 0 Å². The topological polar surface area (TPSA) is 58.6 Å². The quantitative estimate of drug-likeness (QED) is 0.767. The van der Waals surface area contributed by atoms with Crippen LogP contribution in [0.15, 0.2) is 18.5 Å². The molecule has 19 heavy (non-hydrogen) atoms. The van der Waals surface area contributed by atoms with E-state index in [1.807, 2.05) is 4.90 Å². The van der Waals surface area contributed by atoms with E-state index in [1.165, 1.54) is 0 Å². The first kappa shape index (κ1) is 12.3. The van der Waals surface area contributed by atoms with Crippen LogP contribution in [0.3, 0.4) is 0 Å². The Morgan fingerprint density at radius 2 is 1.95 bits per heavy atom. The molecule has 0 N–H and O–H groups in total. The molecule has 1 amide bonds. The lowest BCUT2D eigenvalue weighted by Crippen LogP contribution is -2.51. The average Bonchev–Trinajstić information content (AvgIpc) is 3.02. The molecule has 0 radical (unpaired) electrons. The Bertz CT molecular complexity index is 426. The molecule has 3 heterocycles. The second kappa shape index (κ2) is 5.52. The molecule has 2 aliphatic heterocycles. The number of aromatic nitrogens is 2. The maximum absolute atomic E-state index is 12.2. The molecule has 102 valence electrons. The summed E-state index contributed by atoms with van der Waals surface area (Å²) < 4.78 is 5.45. The van der Waals surface area contributed by atoms with Crippen molar-refractivity contribution >= 4 is 11.9 Å². The molecule has 2 fully saturated rings. The first-order valence-electron chi connectivity index (χ1n) is 6.77. The van der Waals surface area contributed by atoms with Crippen molar-refractivity contribution < 1.29 is 9.53 Å². The van der Waals surface area contributed by atoms with Crippen molar-refractivity contribution in [1.82, 2.24) is 14.9 Å². The molecular weight excluding hydrogens is 244 g/mol. The van der Waals surface area contributed by atoms with Gasteiger partial charge in [-0.05, 0) is 18.9 Å². The molecule has 0 aromatic carbocycles. The summed E-state index contributed by atoms with van der Waals surface area (Å²) in [6.07, 6.45) is 5.13. The summed E-state index contributed by atoms with van der Waals surface area (Å²) in [6, 6.07) is 1.81. The van der Waals surface area contributed by atoms with Gasteiger partial charge in [0, 0.05) is 45.2 Å². The molecule has 0 unspecified atom stereocenters. The minimum Gasteiger partial charge on any atom is -0.368 e. The van der Waals surface area contributed by atoms with E-state index >= 15 is 0 Å². The Kier molecular flexibility index (Phi) is 3.59. The smallest absolute Gasteiger partial charge is 0.251 e. The van der Waals surface area contributed by atoms with Gasteiger partial charge < -0.3 is 14.5 Å². The van der Waals surface area contributed by atoms with Crippen molar-refractivity contribution in [1.29, 1.82) is 0 Å². The number of hydrogen-bond donors (Lipinski definition) is 0. The SMILES string of the molecule is O=C([C@@H]1CCCO1)N1CCN(c2ncccn2)CC1. The van der Waals surface area contributed by atoms with Gasteiger partial charge in [-0.3, -0.25) is 4.79 Å². The predicted molar refractivity (Wildman–Crippen MR) is 69.8 cm³/mol. The van der Waals surface area contributed by atoms with Crippen LogP contribution in [0.5, 0.6) is 0 Å². The number of nitrogens with zero attached hydrogens (tertiary/aromatic N) is 4. The van der Waals surface area contributed by atoms with E-state index in [0.717, 1.165) is 45.0 Å². The molecule has 0 bridgehead atoms. The van der Waals surface area contributed by atoms with Crippen LogP contribution < -0.4 is 4.90 Å². The molecule has 2 saturated heterocycles. The van der Waals surface area contributed by atoms with Crippen LogP contribution in [0.1, 0.15) is 12.8 Å². The number of rotatable bonds is 2. The number of amides is 1. The van der Waals surface area contributed by atoms with Gasteiger partial charge in [-0.1, -0.05) is 0 Å². The highest BCUT2D eigenvalue weighted by Crippen LogP contribution is 2.17. The van der Waals surface area contributed by atoms with Gasteiger partial charge in [0.25, 0.3) is 5.91 Å². The van der Waals surface area contributed by atoms with Crippen molar-refractivity contribution in [2.75, 3.05) is 37.7 Å². The fourth-order valence-corrected chi connectivity index (χ4v) is 2.56. The van der Waals surface area contributed by atoms with E-state index < -0.39 is 0 Å². The lowest BCUT2D eigenvalue weighted by molar-refractivity contribution is -0.141. The van der Waals surface area contributed by atoms with Crippen molar-refractivity contribution in [2.45, 2.75) is 18.9 Å². The molecule has 1 aromatic heterocycles. The Morgan fingerprint density at radius 3 is 2.58 bits per heavy atom. The molecule has 1 atom stereocenters. The van der Waals surface area contributed by atoms with Crippen molar-refractivity contribution in [3.8, 4) is 0 Å². The summed E-state index contributed by atoms with van der Waals surface area (Å²) in [5, 5.41) is 0. The van der Waals surface area contributed by atoms with Gasteiger partial charge in [-0.2, -0.15) is 0 Å². The molecular formula is C13H18N4O2. The van der Waals surface area contributed by atoms with Crippen molar-refractivity contribution in [2.24, 2.45) is 0 Å². The molecule has 3 rings (SSSR count). The molecule has 0 saturated carbocycles. The van der Waals surface area contributed by atoms with Crippen LogP contribution in [0.25, 0.3) is 0 Å². The Morgan fingerprint density at radius 1 is 1.21 bits per heavy atom. The third kappa shape index (κ3) is 2.68. The maximum atomic E-state index is 12.2. The third-order valence-electron chi connectivity index (χ3n) is 3.63. The van der Waals surface area contributed by atoms with Gasteiger partial charge >= 0.3 is 0 Å². The van der Waals surface area contributed by atoms with Gasteiger partial charge in [0.15, 0.2) is 0 Å². The Hall–Kier alpha value is -1.69. The average molecular weight is 262 g/mol. The molecule has 6 nitrogen and oxygen atoms in total. The molecule has 0 spiro atoms. The van der Waals surface area contributed by atoms with E-state index in [1.54, 1.807) is 18.5 Å². The largest absolute Gasteiger partial charge is 0.368 e. The van der Waals surface area contributed by atoms with Gasteiger partial charge in [0.05, 0.1) is 0 Å². The van der Waals surface area contributed by atoms with Gasteiger partial charge in [-0.15, -0.1) is 0 Å². The Labute approximate surface area is 112 Å². The first-order chi connectivity index (χ1) is 9.34. The number of piperazine rings is 1. The summed E-state index contributed by atoms with van der Waals surface area (Å²) in [5.74, 6) is 0.887. The minimum absolute atomic E-state index is 0.145. The lowest BCUT2D eigenvalue weighted by atomic mass is 10.2. The number of ether oxygens (including phenoxy) is 1. The minimum atomic E-state index is -0.209. The number of carbonyl (C=O) groups is 1. The fourth-order valence-electron chi connectivity index (χ4n) is 2.56. The highest BCUT2D eigenvalue weighted by Gasteiger charge is 2.30. The van der Waals surface area contributed by atoms with Crippen molar-refractivity contribution in [3.05, 3.63) is 18.5 Å². The van der Waals surface area contributed by atoms with E-state index in [2.05, 4.69) is 14.9 Å². The molecule has 2 aliphatic rings. The number of anilines is 1. The first-order valence-corrected chi connectivity index (χ1v) is 6.77. The van der Waals surface area contributed by atoms with Crippen LogP contribution in [0, 0.1) is 0 Å². The van der Waals surface area contributed by atoms with E-state index in [0.29, 0.717) is 6.61 Å². The third-order valence-corrected chi connectivity index (χ3v) is 3.63. The second-order valence-electron chi connectivity index (χ2n) is 4.86. The summed E-state index contributed by atoms with van der Waals surface area (Å²) >= 11 is 0. The van der Waals surface area contributed by atoms with Crippen LogP contribution >= 0.6 is 0 Å². The summed E-state index contributed by atoms with van der Waals surface area (Å²) in [4.78, 5) is 24.7. The standard InChI is InChI=1S/C13H18N4O2/c18-12(11-3-1-10-19-11)16-6-8-17(9-7-16)13-14-4-2-5-15-13/h2,4-5,11H,1,3,6-10H2/t11-/m0/s1. The Balaban J connectivity index is 1.56.